The SMILES string of the molecule is CC(C)(C)[Si](C)(C)O[C@H]1CCN(c2cc3cnn(C4CC4)c3cc2N)C1. The minimum absolute atomic E-state index is 0.246. The first-order chi connectivity index (χ1) is 12.2. The molecular formula is C20H32N4OSi. The molecule has 4 rings (SSSR count). The third kappa shape index (κ3) is 3.14. The zero-order valence-electron chi connectivity index (χ0n) is 16.7. The Balaban J connectivity index is 1.53. The first kappa shape index (κ1) is 17.9. The normalized spacial score (nSPS) is 21.7. The van der Waals surface area contributed by atoms with Crippen LogP contribution in [0.5, 0.6) is 0 Å². The lowest BCUT2D eigenvalue weighted by molar-refractivity contribution is 0.202. The zero-order chi connectivity index (χ0) is 18.7. The van der Waals surface area contributed by atoms with E-state index in [1.54, 1.807) is 0 Å². The molecule has 1 saturated carbocycles. The molecule has 2 N–H and O–H groups in total. The van der Waals surface area contributed by atoms with E-state index >= 15 is 0 Å². The molecule has 0 spiro atoms. The van der Waals surface area contributed by atoms with Crippen LogP contribution in [0.3, 0.4) is 0 Å². The lowest BCUT2D eigenvalue weighted by atomic mass is 10.2. The minimum atomic E-state index is -1.73. The van der Waals surface area contributed by atoms with E-state index in [1.807, 2.05) is 6.20 Å². The quantitative estimate of drug-likeness (QED) is 0.632. The summed E-state index contributed by atoms with van der Waals surface area (Å²) in [5.41, 5.74) is 9.60. The number of fused-ring (bicyclic) bond motifs is 1. The van der Waals surface area contributed by atoms with Crippen LogP contribution in [0.25, 0.3) is 10.9 Å². The van der Waals surface area contributed by atoms with E-state index in [9.17, 15) is 0 Å². The Kier molecular flexibility index (Phi) is 4.11. The number of nitrogen functional groups attached to an aromatic ring is 1. The molecule has 2 heterocycles. The van der Waals surface area contributed by atoms with E-state index in [4.69, 9.17) is 10.2 Å². The highest BCUT2D eigenvalue weighted by Gasteiger charge is 2.40. The second kappa shape index (κ2) is 5.99. The molecule has 1 aromatic carbocycles. The smallest absolute Gasteiger partial charge is 0.192 e. The van der Waals surface area contributed by atoms with Gasteiger partial charge >= 0.3 is 0 Å². The number of rotatable bonds is 4. The zero-order valence-corrected chi connectivity index (χ0v) is 17.7. The van der Waals surface area contributed by atoms with Crippen molar-refractivity contribution in [3.05, 3.63) is 18.3 Å². The highest BCUT2D eigenvalue weighted by molar-refractivity contribution is 6.74. The summed E-state index contributed by atoms with van der Waals surface area (Å²) in [6.45, 7) is 13.5. The maximum Gasteiger partial charge on any atom is 0.192 e. The van der Waals surface area contributed by atoms with E-state index in [2.05, 4.69) is 60.7 Å². The Bertz CT molecular complexity index is 819. The Morgan fingerprint density at radius 2 is 1.92 bits per heavy atom. The molecular weight excluding hydrogens is 340 g/mol. The van der Waals surface area contributed by atoms with Crippen molar-refractivity contribution in [1.29, 1.82) is 0 Å². The molecule has 6 heteroatoms. The topological polar surface area (TPSA) is 56.3 Å². The van der Waals surface area contributed by atoms with Gasteiger partial charge in [0.1, 0.15) is 0 Å². The Morgan fingerprint density at radius 3 is 2.58 bits per heavy atom. The first-order valence-corrected chi connectivity index (χ1v) is 12.8. The molecule has 2 fully saturated rings. The van der Waals surface area contributed by atoms with Gasteiger partial charge in [-0.15, -0.1) is 0 Å². The lowest BCUT2D eigenvalue weighted by Crippen LogP contribution is -2.44. The third-order valence-corrected chi connectivity index (χ3v) is 10.9. The predicted molar refractivity (Wildman–Crippen MR) is 111 cm³/mol. The van der Waals surface area contributed by atoms with Crippen molar-refractivity contribution in [2.24, 2.45) is 0 Å². The van der Waals surface area contributed by atoms with Crippen LogP contribution in [-0.2, 0) is 4.43 Å². The summed E-state index contributed by atoms with van der Waals surface area (Å²) in [6, 6.07) is 4.90. The highest BCUT2D eigenvalue weighted by atomic mass is 28.4. The fraction of sp³-hybridized carbons (Fsp3) is 0.650. The fourth-order valence-electron chi connectivity index (χ4n) is 3.62. The summed E-state index contributed by atoms with van der Waals surface area (Å²) in [6.07, 6.45) is 5.83. The number of hydrogen-bond donors (Lipinski definition) is 1. The van der Waals surface area contributed by atoms with Crippen molar-refractivity contribution in [3.63, 3.8) is 0 Å². The predicted octanol–water partition coefficient (Wildman–Crippen LogP) is 4.55. The number of nitrogens with zero attached hydrogens (tertiary/aromatic N) is 3. The Morgan fingerprint density at radius 1 is 1.19 bits per heavy atom. The van der Waals surface area contributed by atoms with Crippen LogP contribution in [0.4, 0.5) is 11.4 Å². The molecule has 0 unspecified atom stereocenters. The van der Waals surface area contributed by atoms with Gasteiger partial charge in [-0.05, 0) is 49.5 Å². The molecule has 2 aromatic rings. The van der Waals surface area contributed by atoms with E-state index < -0.39 is 8.32 Å². The highest BCUT2D eigenvalue weighted by Crippen LogP contribution is 2.41. The van der Waals surface area contributed by atoms with Crippen molar-refractivity contribution >= 4 is 30.6 Å². The average Bonchev–Trinajstić information content (AvgIpc) is 3.14. The van der Waals surface area contributed by atoms with Crippen LogP contribution in [0, 0.1) is 0 Å². The molecule has 1 aromatic heterocycles. The number of nitrogens with two attached hydrogens (primary N) is 1. The molecule has 1 atom stereocenters. The second-order valence-electron chi connectivity index (χ2n) is 9.53. The summed E-state index contributed by atoms with van der Waals surface area (Å²) >= 11 is 0. The molecule has 2 aliphatic rings. The van der Waals surface area contributed by atoms with Gasteiger partial charge in [-0.1, -0.05) is 20.8 Å². The number of anilines is 2. The molecule has 0 bridgehead atoms. The summed E-state index contributed by atoms with van der Waals surface area (Å²) < 4.78 is 8.77. The molecule has 1 aliphatic carbocycles. The van der Waals surface area contributed by atoms with Gasteiger partial charge in [0.25, 0.3) is 0 Å². The van der Waals surface area contributed by atoms with Crippen LogP contribution in [0.15, 0.2) is 18.3 Å². The lowest BCUT2D eigenvalue weighted by Gasteiger charge is -2.38. The Labute approximate surface area is 157 Å². The monoisotopic (exact) mass is 372 g/mol. The standard InChI is InChI=1S/C20H32N4OSi/c1-20(2,3)26(4,5)25-16-8-9-23(13-16)19-10-14-12-22-24(15-6-7-15)18(14)11-17(19)21/h10-12,15-16H,6-9,13,21H2,1-5H3/t16-/m0/s1. The van der Waals surface area contributed by atoms with Gasteiger partial charge in [-0.25, -0.2) is 0 Å². The van der Waals surface area contributed by atoms with Gasteiger partial charge in [0, 0.05) is 18.5 Å². The van der Waals surface area contributed by atoms with Crippen molar-refractivity contribution in [2.75, 3.05) is 23.7 Å². The van der Waals surface area contributed by atoms with Gasteiger partial charge in [0.2, 0.25) is 0 Å². The van der Waals surface area contributed by atoms with Crippen LogP contribution in [0.2, 0.25) is 18.1 Å². The Hall–Kier alpha value is -1.53. The van der Waals surface area contributed by atoms with E-state index in [-0.39, 0.29) is 5.04 Å². The summed E-state index contributed by atoms with van der Waals surface area (Å²) in [7, 11) is -1.73. The van der Waals surface area contributed by atoms with Crippen molar-refractivity contribution < 1.29 is 4.43 Å². The number of hydrogen-bond acceptors (Lipinski definition) is 4. The largest absolute Gasteiger partial charge is 0.412 e. The molecule has 1 aliphatic heterocycles. The van der Waals surface area contributed by atoms with Gasteiger partial charge in [0.05, 0.1) is 35.2 Å². The van der Waals surface area contributed by atoms with Crippen molar-refractivity contribution in [1.82, 2.24) is 9.78 Å². The van der Waals surface area contributed by atoms with Crippen LogP contribution >= 0.6 is 0 Å². The van der Waals surface area contributed by atoms with Crippen molar-refractivity contribution in [3.8, 4) is 0 Å². The number of aromatic nitrogens is 2. The van der Waals surface area contributed by atoms with Crippen molar-refractivity contribution in [2.45, 2.75) is 70.3 Å². The van der Waals surface area contributed by atoms with Crippen LogP contribution in [0.1, 0.15) is 46.1 Å². The fourth-order valence-corrected chi connectivity index (χ4v) is 5.00. The molecule has 0 radical (unpaired) electrons. The number of benzene rings is 1. The summed E-state index contributed by atoms with van der Waals surface area (Å²) in [4.78, 5) is 2.39. The van der Waals surface area contributed by atoms with E-state index in [0.29, 0.717) is 12.1 Å². The minimum Gasteiger partial charge on any atom is -0.412 e. The molecule has 0 amide bonds. The van der Waals surface area contributed by atoms with Gasteiger partial charge < -0.3 is 15.1 Å². The molecule has 5 nitrogen and oxygen atoms in total. The van der Waals surface area contributed by atoms with Gasteiger partial charge in [0.15, 0.2) is 8.32 Å². The van der Waals surface area contributed by atoms with Crippen LogP contribution in [-0.4, -0.2) is 37.3 Å². The molecule has 1 saturated heterocycles. The molecule has 26 heavy (non-hydrogen) atoms. The first-order valence-electron chi connectivity index (χ1n) is 9.85. The maximum atomic E-state index is 6.63. The average molecular weight is 373 g/mol. The summed E-state index contributed by atoms with van der Waals surface area (Å²) in [5.74, 6) is 0. The van der Waals surface area contributed by atoms with E-state index in [0.717, 1.165) is 30.9 Å². The summed E-state index contributed by atoms with van der Waals surface area (Å²) in [5, 5.41) is 6.02. The second-order valence-corrected chi connectivity index (χ2v) is 14.3. The molecule has 142 valence electrons. The third-order valence-electron chi connectivity index (χ3n) is 6.39. The van der Waals surface area contributed by atoms with E-state index in [1.165, 1.54) is 23.7 Å². The maximum absolute atomic E-state index is 6.63. The van der Waals surface area contributed by atoms with Gasteiger partial charge in [-0.2, -0.15) is 5.10 Å². The van der Waals surface area contributed by atoms with Crippen LogP contribution < -0.4 is 10.6 Å². The van der Waals surface area contributed by atoms with Gasteiger partial charge in [-0.3, -0.25) is 4.68 Å².